The van der Waals surface area contributed by atoms with Gasteiger partial charge < -0.3 is 14.6 Å². The number of carbonyl (C=O) groups is 2. The molecule has 0 saturated heterocycles. The number of carbonyl (C=O) groups excluding carboxylic acids is 2. The lowest BCUT2D eigenvalue weighted by Gasteiger charge is -2.35. The predicted octanol–water partition coefficient (Wildman–Crippen LogP) is 2.14. The van der Waals surface area contributed by atoms with E-state index >= 15 is 0 Å². The van der Waals surface area contributed by atoms with Crippen LogP contribution < -0.4 is 5.32 Å². The molecule has 1 fully saturated rings. The maximum atomic E-state index is 12.7. The van der Waals surface area contributed by atoms with Crippen molar-refractivity contribution in [1.29, 1.82) is 0 Å². The number of sulfonamides is 1. The number of hydrogen-bond acceptors (Lipinski definition) is 6. The molecule has 0 bridgehead atoms. The lowest BCUT2D eigenvalue weighted by Crippen LogP contribution is -2.56. The summed E-state index contributed by atoms with van der Waals surface area (Å²) in [5.74, 6) is 0.0941. The molecule has 1 aliphatic carbocycles. The fourth-order valence-electron chi connectivity index (χ4n) is 4.18. The van der Waals surface area contributed by atoms with Crippen molar-refractivity contribution in [3.63, 3.8) is 0 Å². The zero-order valence-electron chi connectivity index (χ0n) is 19.2. The minimum atomic E-state index is -3.56. The zero-order chi connectivity index (χ0) is 23.5. The second-order valence-electron chi connectivity index (χ2n) is 8.44. The number of hydrogen-bond donors (Lipinski definition) is 1. The van der Waals surface area contributed by atoms with E-state index in [2.05, 4.69) is 10.3 Å². The summed E-state index contributed by atoms with van der Waals surface area (Å²) in [6, 6.07) is 4.83. The number of fused-ring (bicyclic) bond motifs is 1. The fourth-order valence-corrected chi connectivity index (χ4v) is 5.11. The molecule has 0 atom stereocenters. The number of rotatable bonds is 8. The number of amides is 1. The molecule has 3 rings (SSSR count). The van der Waals surface area contributed by atoms with Gasteiger partial charge in [-0.25, -0.2) is 22.5 Å². The molecule has 1 aromatic heterocycles. The highest BCUT2D eigenvalue weighted by Gasteiger charge is 2.42. The number of esters is 1. The minimum absolute atomic E-state index is 0.168. The lowest BCUT2D eigenvalue weighted by atomic mass is 9.81. The standard InChI is InChI=1S/C22H32N4O5S/c1-5-31-21(28)22(13-7-6-8-14-22)24-20(27)12-11-19-23-17-15-16(32(29,30)25(2)3)9-10-18(17)26(19)4/h9-10,15H,5-8,11-14H2,1-4H3,(H,24,27). The summed E-state index contributed by atoms with van der Waals surface area (Å²) in [7, 11) is 1.25. The van der Waals surface area contributed by atoms with Crippen LogP contribution in [-0.4, -0.2) is 60.4 Å². The Hall–Kier alpha value is -2.46. The van der Waals surface area contributed by atoms with Crippen molar-refractivity contribution in [2.24, 2.45) is 7.05 Å². The van der Waals surface area contributed by atoms with E-state index in [1.807, 2.05) is 11.6 Å². The van der Waals surface area contributed by atoms with Gasteiger partial charge in [0.05, 0.1) is 22.5 Å². The molecule has 1 heterocycles. The average molecular weight is 465 g/mol. The van der Waals surface area contributed by atoms with E-state index in [9.17, 15) is 18.0 Å². The van der Waals surface area contributed by atoms with Gasteiger partial charge in [0.1, 0.15) is 11.4 Å². The van der Waals surface area contributed by atoms with Crippen molar-refractivity contribution in [2.75, 3.05) is 20.7 Å². The largest absolute Gasteiger partial charge is 0.464 e. The van der Waals surface area contributed by atoms with Crippen molar-refractivity contribution in [2.45, 2.75) is 62.3 Å². The molecule has 0 unspecified atom stereocenters. The van der Waals surface area contributed by atoms with Gasteiger partial charge in [-0.3, -0.25) is 4.79 Å². The van der Waals surface area contributed by atoms with Crippen LogP contribution in [0.5, 0.6) is 0 Å². The molecule has 1 aromatic carbocycles. The van der Waals surface area contributed by atoms with Crippen LogP contribution in [0.4, 0.5) is 0 Å². The maximum Gasteiger partial charge on any atom is 0.331 e. The summed E-state index contributed by atoms with van der Waals surface area (Å²) in [6.45, 7) is 2.04. The Kier molecular flexibility index (Phi) is 7.24. The van der Waals surface area contributed by atoms with E-state index in [4.69, 9.17) is 4.74 Å². The summed E-state index contributed by atoms with van der Waals surface area (Å²) in [5.41, 5.74) is 0.405. The lowest BCUT2D eigenvalue weighted by molar-refractivity contribution is -0.155. The molecule has 0 radical (unpaired) electrons. The molecule has 1 amide bonds. The van der Waals surface area contributed by atoms with E-state index in [-0.39, 0.29) is 29.8 Å². The van der Waals surface area contributed by atoms with E-state index < -0.39 is 15.6 Å². The van der Waals surface area contributed by atoms with Crippen LogP contribution in [0.2, 0.25) is 0 Å². The van der Waals surface area contributed by atoms with Crippen molar-refractivity contribution >= 4 is 32.9 Å². The molecule has 1 N–H and O–H groups in total. The molecule has 9 nitrogen and oxygen atoms in total. The number of benzene rings is 1. The van der Waals surface area contributed by atoms with E-state index in [1.165, 1.54) is 14.1 Å². The molecule has 1 saturated carbocycles. The van der Waals surface area contributed by atoms with Crippen molar-refractivity contribution in [1.82, 2.24) is 19.2 Å². The highest BCUT2D eigenvalue weighted by atomic mass is 32.2. The Balaban J connectivity index is 1.74. The Morgan fingerprint density at radius 1 is 1.22 bits per heavy atom. The summed E-state index contributed by atoms with van der Waals surface area (Å²) in [6.07, 6.45) is 4.51. The summed E-state index contributed by atoms with van der Waals surface area (Å²) in [5, 5.41) is 2.95. The first-order valence-electron chi connectivity index (χ1n) is 11.0. The second-order valence-corrected chi connectivity index (χ2v) is 10.6. The van der Waals surface area contributed by atoms with Gasteiger partial charge >= 0.3 is 5.97 Å². The van der Waals surface area contributed by atoms with Gasteiger partial charge in [0.25, 0.3) is 0 Å². The van der Waals surface area contributed by atoms with Crippen molar-refractivity contribution < 1.29 is 22.7 Å². The Morgan fingerprint density at radius 2 is 1.91 bits per heavy atom. The van der Waals surface area contributed by atoms with Crippen LogP contribution >= 0.6 is 0 Å². The quantitative estimate of drug-likeness (QED) is 0.599. The normalized spacial score (nSPS) is 16.3. The van der Waals surface area contributed by atoms with Crippen LogP contribution in [0.1, 0.15) is 51.3 Å². The number of aromatic nitrogens is 2. The van der Waals surface area contributed by atoms with Crippen LogP contribution in [0.15, 0.2) is 23.1 Å². The topological polar surface area (TPSA) is 111 Å². The third kappa shape index (κ3) is 4.80. The van der Waals surface area contributed by atoms with Gasteiger partial charge in [0.2, 0.25) is 15.9 Å². The van der Waals surface area contributed by atoms with Gasteiger partial charge in [-0.1, -0.05) is 19.3 Å². The summed E-state index contributed by atoms with van der Waals surface area (Å²) >= 11 is 0. The highest BCUT2D eigenvalue weighted by molar-refractivity contribution is 7.89. The Morgan fingerprint density at radius 3 is 2.53 bits per heavy atom. The molecule has 2 aromatic rings. The van der Waals surface area contributed by atoms with Crippen LogP contribution in [0.3, 0.4) is 0 Å². The number of aryl methyl sites for hydroxylation is 2. The van der Waals surface area contributed by atoms with Gasteiger partial charge in [0, 0.05) is 34.0 Å². The van der Waals surface area contributed by atoms with Gasteiger partial charge in [-0.05, 0) is 38.0 Å². The van der Waals surface area contributed by atoms with E-state index in [0.717, 1.165) is 29.1 Å². The predicted molar refractivity (Wildman–Crippen MR) is 120 cm³/mol. The van der Waals surface area contributed by atoms with Gasteiger partial charge in [-0.2, -0.15) is 0 Å². The first-order chi connectivity index (χ1) is 15.1. The molecule has 0 spiro atoms. The second kappa shape index (κ2) is 9.58. The van der Waals surface area contributed by atoms with Crippen LogP contribution in [0, 0.1) is 0 Å². The third-order valence-corrected chi connectivity index (χ3v) is 7.86. The fraction of sp³-hybridized carbons (Fsp3) is 0.591. The molecular weight excluding hydrogens is 432 g/mol. The molecule has 32 heavy (non-hydrogen) atoms. The molecular formula is C22H32N4O5S. The number of nitrogens with one attached hydrogen (secondary N) is 1. The van der Waals surface area contributed by atoms with Gasteiger partial charge in [-0.15, -0.1) is 0 Å². The average Bonchev–Trinajstić information content (AvgIpc) is 3.08. The van der Waals surface area contributed by atoms with Crippen LogP contribution in [-0.2, 0) is 37.8 Å². The zero-order valence-corrected chi connectivity index (χ0v) is 20.0. The summed E-state index contributed by atoms with van der Waals surface area (Å²) in [4.78, 5) is 30.0. The molecule has 0 aliphatic heterocycles. The number of imidazole rings is 1. The summed E-state index contributed by atoms with van der Waals surface area (Å²) < 4.78 is 33.1. The monoisotopic (exact) mass is 464 g/mol. The minimum Gasteiger partial charge on any atom is -0.464 e. The number of ether oxygens (including phenoxy) is 1. The van der Waals surface area contributed by atoms with Gasteiger partial charge in [0.15, 0.2) is 0 Å². The SMILES string of the molecule is CCOC(=O)C1(NC(=O)CCc2nc3cc(S(=O)(=O)N(C)C)ccc3n2C)CCCCC1. The first-order valence-corrected chi connectivity index (χ1v) is 12.4. The first kappa shape index (κ1) is 24.2. The van der Waals surface area contributed by atoms with E-state index in [0.29, 0.717) is 30.6 Å². The van der Waals surface area contributed by atoms with Crippen molar-refractivity contribution in [3.8, 4) is 0 Å². The molecule has 1 aliphatic rings. The Bertz CT molecular complexity index is 1100. The molecule has 176 valence electrons. The maximum absolute atomic E-state index is 12.7. The molecule has 10 heteroatoms. The smallest absolute Gasteiger partial charge is 0.331 e. The Labute approximate surface area is 189 Å². The van der Waals surface area contributed by atoms with Crippen molar-refractivity contribution in [3.05, 3.63) is 24.0 Å². The number of nitrogens with zero attached hydrogens (tertiary/aromatic N) is 3. The highest BCUT2D eigenvalue weighted by Crippen LogP contribution is 2.30. The third-order valence-electron chi connectivity index (χ3n) is 6.05. The van der Waals surface area contributed by atoms with Crippen LogP contribution in [0.25, 0.3) is 11.0 Å². The van der Waals surface area contributed by atoms with E-state index in [1.54, 1.807) is 25.1 Å².